The zero-order valence-corrected chi connectivity index (χ0v) is 9.55. The van der Waals surface area contributed by atoms with Gasteiger partial charge in [0.05, 0.1) is 12.2 Å². The van der Waals surface area contributed by atoms with E-state index in [-0.39, 0.29) is 12.2 Å². The van der Waals surface area contributed by atoms with Crippen LogP contribution in [0.25, 0.3) is 0 Å². The Hall–Kier alpha value is -0.610. The summed E-state index contributed by atoms with van der Waals surface area (Å²) in [5, 5.41) is 10.6. The second-order valence-electron chi connectivity index (χ2n) is 4.63. The third-order valence-corrected chi connectivity index (χ3v) is 2.11. The van der Waals surface area contributed by atoms with Gasteiger partial charge in [0.15, 0.2) is 0 Å². The van der Waals surface area contributed by atoms with E-state index in [0.717, 1.165) is 6.42 Å². The molecule has 0 aliphatic carbocycles. The Morgan fingerprint density at radius 1 is 1.29 bits per heavy atom. The van der Waals surface area contributed by atoms with Crippen molar-refractivity contribution in [1.29, 1.82) is 0 Å². The zero-order valence-electron chi connectivity index (χ0n) is 9.55. The fourth-order valence-electron chi connectivity index (χ4n) is 0.454. The molecule has 0 fully saturated rings. The minimum absolute atomic E-state index is 0.0151. The van der Waals surface area contributed by atoms with Crippen molar-refractivity contribution >= 4 is 5.97 Å². The van der Waals surface area contributed by atoms with Crippen molar-refractivity contribution in [1.82, 2.24) is 0 Å². The van der Waals surface area contributed by atoms with Crippen molar-refractivity contribution in [3.05, 3.63) is 0 Å². The van der Waals surface area contributed by atoms with Crippen molar-refractivity contribution in [2.75, 3.05) is 6.61 Å². The predicted octanol–water partition coefficient (Wildman–Crippen LogP) is 0.899. The van der Waals surface area contributed by atoms with Crippen LogP contribution in [0.15, 0.2) is 0 Å². The minimum Gasteiger partial charge on any atom is -0.549 e. The number of hydrogen-bond donors (Lipinski definition) is 0. The van der Waals surface area contributed by atoms with Gasteiger partial charge in [-0.3, -0.25) is 0 Å². The van der Waals surface area contributed by atoms with Gasteiger partial charge in [0.25, 0.3) is 0 Å². The van der Waals surface area contributed by atoms with Gasteiger partial charge in [-0.2, -0.15) is 0 Å². The molecule has 0 aliphatic heterocycles. The summed E-state index contributed by atoms with van der Waals surface area (Å²) in [4.78, 5) is 20.6. The van der Waals surface area contributed by atoms with Gasteiger partial charge in [0.1, 0.15) is 0 Å². The lowest BCUT2D eigenvalue weighted by atomic mass is 9.96. The number of carbonyl (C=O) groups excluding carboxylic acids is 1. The molecule has 0 saturated carbocycles. The van der Waals surface area contributed by atoms with Gasteiger partial charge in [-0.25, -0.2) is 9.78 Å². The number of carbonyl (C=O) groups is 1. The lowest BCUT2D eigenvalue weighted by Crippen LogP contribution is -2.41. The molecule has 0 spiro atoms. The number of aliphatic carboxylic acids is 1. The summed E-state index contributed by atoms with van der Waals surface area (Å²) in [7, 11) is 0. The summed E-state index contributed by atoms with van der Waals surface area (Å²) in [6, 6.07) is 0. The molecule has 0 rings (SSSR count). The molecule has 0 aromatic carbocycles. The first kappa shape index (κ1) is 13.4. The van der Waals surface area contributed by atoms with Crippen LogP contribution in [-0.4, -0.2) is 18.2 Å². The molecule has 0 radical (unpaired) electrons. The van der Waals surface area contributed by atoms with Gasteiger partial charge in [-0.1, -0.05) is 20.8 Å². The number of hydrogen-bond acceptors (Lipinski definition) is 4. The number of rotatable bonds is 6. The average molecular weight is 203 g/mol. The Morgan fingerprint density at radius 2 is 1.79 bits per heavy atom. The number of carboxylic acids is 1. The van der Waals surface area contributed by atoms with Crippen molar-refractivity contribution in [2.24, 2.45) is 5.41 Å². The Balaban J connectivity index is 3.91. The maximum absolute atomic E-state index is 10.6. The van der Waals surface area contributed by atoms with E-state index in [9.17, 15) is 9.90 Å². The van der Waals surface area contributed by atoms with Crippen molar-refractivity contribution in [3.8, 4) is 0 Å². The van der Waals surface area contributed by atoms with Crippen LogP contribution in [0, 0.1) is 5.41 Å². The molecule has 4 nitrogen and oxygen atoms in total. The van der Waals surface area contributed by atoms with Gasteiger partial charge >= 0.3 is 0 Å². The Morgan fingerprint density at radius 3 is 2.14 bits per heavy atom. The molecule has 14 heavy (non-hydrogen) atoms. The molecule has 84 valence electrons. The zero-order chi connectivity index (χ0) is 11.4. The first-order chi connectivity index (χ1) is 6.21. The molecule has 0 unspecified atom stereocenters. The van der Waals surface area contributed by atoms with Crippen LogP contribution in [-0.2, 0) is 14.6 Å². The lowest BCUT2D eigenvalue weighted by Gasteiger charge is -2.28. The second-order valence-corrected chi connectivity index (χ2v) is 4.63. The molecule has 0 amide bonds. The summed E-state index contributed by atoms with van der Waals surface area (Å²) >= 11 is 0. The van der Waals surface area contributed by atoms with Crippen LogP contribution in [0.2, 0.25) is 0 Å². The largest absolute Gasteiger partial charge is 0.549 e. The van der Waals surface area contributed by atoms with Gasteiger partial charge < -0.3 is 9.90 Å². The normalized spacial score (nSPS) is 12.9. The Labute approximate surface area is 85.1 Å². The van der Waals surface area contributed by atoms with Crippen molar-refractivity contribution in [3.63, 3.8) is 0 Å². The molecule has 0 N–H and O–H groups in total. The first-order valence-electron chi connectivity index (χ1n) is 4.73. The van der Waals surface area contributed by atoms with Crippen molar-refractivity contribution < 1.29 is 19.7 Å². The Kier molecular flexibility index (Phi) is 4.55. The van der Waals surface area contributed by atoms with Gasteiger partial charge in [0.2, 0.25) is 0 Å². The molecule has 0 aromatic heterocycles. The molecular formula is C10H19O4-. The highest BCUT2D eigenvalue weighted by atomic mass is 17.2. The van der Waals surface area contributed by atoms with E-state index in [1.165, 1.54) is 13.8 Å². The van der Waals surface area contributed by atoms with E-state index < -0.39 is 11.4 Å². The van der Waals surface area contributed by atoms with Crippen molar-refractivity contribution in [2.45, 2.75) is 46.6 Å². The third kappa shape index (κ3) is 4.58. The van der Waals surface area contributed by atoms with E-state index in [1.54, 1.807) is 0 Å². The van der Waals surface area contributed by atoms with Gasteiger partial charge in [-0.05, 0) is 20.3 Å². The van der Waals surface area contributed by atoms with Crippen LogP contribution in [0.3, 0.4) is 0 Å². The highest BCUT2D eigenvalue weighted by molar-refractivity contribution is 5.71. The number of carboxylic acid groups (broad SMARTS) is 1. The topological polar surface area (TPSA) is 58.6 Å². The fourth-order valence-corrected chi connectivity index (χ4v) is 0.454. The van der Waals surface area contributed by atoms with Crippen LogP contribution in [0.4, 0.5) is 0 Å². The quantitative estimate of drug-likeness (QED) is 0.475. The molecule has 4 heteroatoms. The lowest BCUT2D eigenvalue weighted by molar-refractivity contribution is -0.372. The van der Waals surface area contributed by atoms with Gasteiger partial charge in [0, 0.05) is 11.4 Å². The molecule has 0 bridgehead atoms. The van der Waals surface area contributed by atoms with Crippen LogP contribution < -0.4 is 5.11 Å². The van der Waals surface area contributed by atoms with E-state index in [2.05, 4.69) is 0 Å². The third-order valence-electron chi connectivity index (χ3n) is 2.11. The highest BCUT2D eigenvalue weighted by Crippen LogP contribution is 2.18. The predicted molar refractivity (Wildman–Crippen MR) is 50.2 cm³/mol. The minimum atomic E-state index is -1.14. The SMILES string of the molecule is CCC(C)(C)OOCC(C)(C)C(=O)[O-]. The molecule has 0 atom stereocenters. The molecule has 0 saturated heterocycles. The van der Waals surface area contributed by atoms with Crippen LogP contribution in [0.5, 0.6) is 0 Å². The molecule has 0 aliphatic rings. The smallest absolute Gasteiger partial charge is 0.0977 e. The highest BCUT2D eigenvalue weighted by Gasteiger charge is 2.23. The molecule has 0 heterocycles. The summed E-state index contributed by atoms with van der Waals surface area (Å²) in [5.74, 6) is -1.14. The monoisotopic (exact) mass is 203 g/mol. The Bertz CT molecular complexity index is 196. The standard InChI is InChI=1S/C10H20O4/c1-6-10(4,5)14-13-7-9(2,3)8(11)12/h6-7H2,1-5H3,(H,11,12)/p-1. The second kappa shape index (κ2) is 4.75. The molecular weight excluding hydrogens is 184 g/mol. The average Bonchev–Trinajstić information content (AvgIpc) is 2.03. The summed E-state index contributed by atoms with van der Waals surface area (Å²) in [6.07, 6.45) is 0.790. The molecule has 0 aromatic rings. The fraction of sp³-hybridized carbons (Fsp3) is 0.900. The van der Waals surface area contributed by atoms with E-state index in [0.29, 0.717) is 0 Å². The van der Waals surface area contributed by atoms with Gasteiger partial charge in [-0.15, -0.1) is 0 Å². The maximum atomic E-state index is 10.6. The summed E-state index contributed by atoms with van der Waals surface area (Å²) < 4.78 is 0. The first-order valence-corrected chi connectivity index (χ1v) is 4.73. The summed E-state index contributed by atoms with van der Waals surface area (Å²) in [6.45, 7) is 8.76. The van der Waals surface area contributed by atoms with E-state index >= 15 is 0 Å². The summed E-state index contributed by atoms with van der Waals surface area (Å²) in [5.41, 5.74) is -1.41. The van der Waals surface area contributed by atoms with E-state index in [4.69, 9.17) is 9.78 Å². The van der Waals surface area contributed by atoms with Crippen LogP contribution in [0.1, 0.15) is 41.0 Å². The maximum Gasteiger partial charge on any atom is 0.0977 e. The van der Waals surface area contributed by atoms with E-state index in [1.807, 2.05) is 20.8 Å². The van der Waals surface area contributed by atoms with Crippen LogP contribution >= 0.6 is 0 Å².